The number of nitrogens with one attached hydrogen (secondary N) is 1. The Morgan fingerprint density at radius 3 is 2.82 bits per heavy atom. The molecule has 1 N–H and O–H groups in total. The summed E-state index contributed by atoms with van der Waals surface area (Å²) in [4.78, 5) is 23.8. The van der Waals surface area contributed by atoms with Gasteiger partial charge in [0.1, 0.15) is 0 Å². The van der Waals surface area contributed by atoms with Crippen LogP contribution in [0.4, 0.5) is 0 Å². The van der Waals surface area contributed by atoms with Crippen LogP contribution < -0.4 is 5.32 Å². The fraction of sp³-hybridized carbons (Fsp3) is 0.280. The van der Waals surface area contributed by atoms with Gasteiger partial charge in [0.05, 0.1) is 24.5 Å². The van der Waals surface area contributed by atoms with Gasteiger partial charge in [0.25, 0.3) is 0 Å². The third-order valence-electron chi connectivity index (χ3n) is 5.96. The molecule has 1 fully saturated rings. The molecule has 1 atom stereocenters. The molecule has 0 aliphatic carbocycles. The number of imidazole rings is 1. The van der Waals surface area contributed by atoms with Crippen LogP contribution in [0.1, 0.15) is 24.3 Å². The van der Waals surface area contributed by atoms with Crippen LogP contribution in [0, 0.1) is 5.92 Å². The van der Waals surface area contributed by atoms with Crippen molar-refractivity contribution in [1.82, 2.24) is 29.9 Å². The Morgan fingerprint density at radius 2 is 1.97 bits per heavy atom. The molecule has 3 heterocycles. The highest BCUT2D eigenvalue weighted by molar-refractivity contribution is 5.79. The van der Waals surface area contributed by atoms with Gasteiger partial charge >= 0.3 is 0 Å². The molecule has 0 saturated carbocycles. The molecule has 0 spiro atoms. The van der Waals surface area contributed by atoms with Gasteiger partial charge in [-0.05, 0) is 31.0 Å². The molecule has 0 radical (unpaired) electrons. The van der Waals surface area contributed by atoms with Crippen LogP contribution in [0.5, 0.6) is 0 Å². The molecule has 33 heavy (non-hydrogen) atoms. The topological polar surface area (TPSA) is 89.1 Å². The Labute approximate surface area is 192 Å². The molecule has 1 aliphatic heterocycles. The van der Waals surface area contributed by atoms with Crippen LogP contribution >= 0.6 is 0 Å². The average Bonchev–Trinajstić information content (AvgIpc) is 3.56. The molecule has 1 unspecified atom stereocenters. The minimum Gasteiger partial charge on any atom is -0.352 e. The Hall–Kier alpha value is -3.78. The molecule has 168 valence electrons. The second-order valence-corrected chi connectivity index (χ2v) is 8.27. The number of carbonyl (C=O) groups is 1. The summed E-state index contributed by atoms with van der Waals surface area (Å²) in [5.41, 5.74) is 3.00. The van der Waals surface area contributed by atoms with Gasteiger partial charge in [0.2, 0.25) is 17.6 Å². The van der Waals surface area contributed by atoms with Gasteiger partial charge in [0, 0.05) is 31.0 Å². The van der Waals surface area contributed by atoms with E-state index in [4.69, 9.17) is 4.52 Å². The largest absolute Gasteiger partial charge is 0.352 e. The SMILES string of the molecule is O=C(NCc1ccccc1-n1ccnc1)C1CCCN(Cc2nc(-c3ccccc3)no2)C1. The highest BCUT2D eigenvalue weighted by Gasteiger charge is 2.27. The van der Waals surface area contributed by atoms with Crippen molar-refractivity contribution >= 4 is 5.91 Å². The minimum atomic E-state index is -0.0596. The zero-order valence-electron chi connectivity index (χ0n) is 18.3. The van der Waals surface area contributed by atoms with Gasteiger partial charge < -0.3 is 14.4 Å². The average molecular weight is 443 g/mol. The van der Waals surface area contributed by atoms with E-state index in [0.717, 1.165) is 36.2 Å². The molecule has 8 nitrogen and oxygen atoms in total. The maximum absolute atomic E-state index is 12.9. The molecule has 2 aromatic heterocycles. The fourth-order valence-electron chi connectivity index (χ4n) is 4.27. The minimum absolute atomic E-state index is 0.0596. The molecule has 1 amide bonds. The summed E-state index contributed by atoms with van der Waals surface area (Å²) < 4.78 is 7.42. The van der Waals surface area contributed by atoms with Crippen LogP contribution in [0.25, 0.3) is 17.1 Å². The van der Waals surface area contributed by atoms with E-state index in [-0.39, 0.29) is 11.8 Å². The molecule has 8 heteroatoms. The van der Waals surface area contributed by atoms with Crippen molar-refractivity contribution in [3.8, 4) is 17.1 Å². The van der Waals surface area contributed by atoms with E-state index in [1.807, 2.05) is 65.4 Å². The second kappa shape index (κ2) is 9.79. The van der Waals surface area contributed by atoms with Gasteiger partial charge in [0.15, 0.2) is 0 Å². The van der Waals surface area contributed by atoms with Crippen LogP contribution in [-0.4, -0.2) is 43.6 Å². The predicted molar refractivity (Wildman–Crippen MR) is 123 cm³/mol. The van der Waals surface area contributed by atoms with E-state index in [9.17, 15) is 4.79 Å². The number of hydrogen-bond donors (Lipinski definition) is 1. The smallest absolute Gasteiger partial charge is 0.241 e. The molecule has 2 aromatic carbocycles. The quantitative estimate of drug-likeness (QED) is 0.472. The monoisotopic (exact) mass is 442 g/mol. The summed E-state index contributed by atoms with van der Waals surface area (Å²) in [5.74, 6) is 1.18. The third kappa shape index (κ3) is 5.01. The van der Waals surface area contributed by atoms with E-state index < -0.39 is 0 Å². The molecule has 1 aliphatic rings. The van der Waals surface area contributed by atoms with Gasteiger partial charge in [-0.25, -0.2) is 4.98 Å². The maximum atomic E-state index is 12.9. The van der Waals surface area contributed by atoms with Crippen molar-refractivity contribution in [2.45, 2.75) is 25.9 Å². The van der Waals surface area contributed by atoms with Crippen LogP contribution in [-0.2, 0) is 17.9 Å². The normalized spacial score (nSPS) is 16.5. The third-order valence-corrected chi connectivity index (χ3v) is 5.96. The van der Waals surface area contributed by atoms with Crippen molar-refractivity contribution in [2.24, 2.45) is 5.92 Å². The van der Waals surface area contributed by atoms with Crippen LogP contribution in [0.3, 0.4) is 0 Å². The number of amides is 1. The summed E-state index contributed by atoms with van der Waals surface area (Å²) in [7, 11) is 0. The summed E-state index contributed by atoms with van der Waals surface area (Å²) in [5, 5.41) is 7.23. The number of hydrogen-bond acceptors (Lipinski definition) is 6. The Kier molecular flexibility index (Phi) is 6.25. The van der Waals surface area contributed by atoms with Crippen molar-refractivity contribution in [3.63, 3.8) is 0 Å². The Balaban J connectivity index is 1.18. The molecular formula is C25H26N6O2. The number of piperidine rings is 1. The Morgan fingerprint density at radius 1 is 1.12 bits per heavy atom. The van der Waals surface area contributed by atoms with Crippen LogP contribution in [0.15, 0.2) is 77.8 Å². The number of nitrogens with zero attached hydrogens (tertiary/aromatic N) is 5. The lowest BCUT2D eigenvalue weighted by atomic mass is 9.97. The lowest BCUT2D eigenvalue weighted by Gasteiger charge is -2.30. The number of likely N-dealkylation sites (tertiary alicyclic amines) is 1. The molecular weight excluding hydrogens is 416 g/mol. The maximum Gasteiger partial charge on any atom is 0.241 e. The predicted octanol–water partition coefficient (Wildman–Crippen LogP) is 3.45. The first kappa shape index (κ1) is 21.1. The highest BCUT2D eigenvalue weighted by atomic mass is 16.5. The molecule has 4 aromatic rings. The lowest BCUT2D eigenvalue weighted by molar-refractivity contribution is -0.127. The first-order valence-electron chi connectivity index (χ1n) is 11.2. The van der Waals surface area contributed by atoms with Gasteiger partial charge in [-0.2, -0.15) is 4.98 Å². The lowest BCUT2D eigenvalue weighted by Crippen LogP contribution is -2.42. The highest BCUT2D eigenvalue weighted by Crippen LogP contribution is 2.21. The molecule has 1 saturated heterocycles. The number of carbonyl (C=O) groups excluding carboxylic acids is 1. The van der Waals surface area contributed by atoms with E-state index >= 15 is 0 Å². The van der Waals surface area contributed by atoms with E-state index in [1.54, 1.807) is 12.5 Å². The summed E-state index contributed by atoms with van der Waals surface area (Å²) >= 11 is 0. The summed E-state index contributed by atoms with van der Waals surface area (Å²) in [6, 6.07) is 17.8. The number of para-hydroxylation sites is 1. The van der Waals surface area contributed by atoms with Crippen molar-refractivity contribution < 1.29 is 9.32 Å². The van der Waals surface area contributed by atoms with E-state index in [1.165, 1.54) is 0 Å². The van der Waals surface area contributed by atoms with E-state index in [0.29, 0.717) is 31.3 Å². The zero-order chi connectivity index (χ0) is 22.5. The number of rotatable bonds is 7. The number of benzene rings is 2. The van der Waals surface area contributed by atoms with Gasteiger partial charge in [-0.15, -0.1) is 0 Å². The second-order valence-electron chi connectivity index (χ2n) is 8.27. The first-order chi connectivity index (χ1) is 16.3. The molecule has 0 bridgehead atoms. The van der Waals surface area contributed by atoms with Crippen molar-refractivity contribution in [3.05, 3.63) is 84.8 Å². The first-order valence-corrected chi connectivity index (χ1v) is 11.2. The van der Waals surface area contributed by atoms with Crippen LogP contribution in [0.2, 0.25) is 0 Å². The van der Waals surface area contributed by atoms with E-state index in [2.05, 4.69) is 25.3 Å². The standard InChI is InChI=1S/C25H26N6O2/c32-25(27-15-20-9-4-5-11-22(20)31-14-12-26-18-31)21-10-6-13-30(16-21)17-23-28-24(29-33-23)19-7-2-1-3-8-19/h1-5,7-9,11-12,14,18,21H,6,10,13,15-17H2,(H,27,32). The summed E-state index contributed by atoms with van der Waals surface area (Å²) in [6.07, 6.45) is 7.26. The number of aromatic nitrogens is 4. The van der Waals surface area contributed by atoms with Crippen molar-refractivity contribution in [2.75, 3.05) is 13.1 Å². The summed E-state index contributed by atoms with van der Waals surface area (Å²) in [6.45, 7) is 2.62. The van der Waals surface area contributed by atoms with Gasteiger partial charge in [-0.1, -0.05) is 53.7 Å². The van der Waals surface area contributed by atoms with Crippen molar-refractivity contribution in [1.29, 1.82) is 0 Å². The molecule has 5 rings (SSSR count). The van der Waals surface area contributed by atoms with Gasteiger partial charge in [-0.3, -0.25) is 9.69 Å². The fourth-order valence-corrected chi connectivity index (χ4v) is 4.27. The Bertz CT molecular complexity index is 1190. The zero-order valence-corrected chi connectivity index (χ0v) is 18.3.